The Bertz CT molecular complexity index is 684. The van der Waals surface area contributed by atoms with Crippen LogP contribution in [0.5, 0.6) is 5.75 Å². The van der Waals surface area contributed by atoms with Crippen LogP contribution in [0.25, 0.3) is 0 Å². The SMILES string of the molecule is C[C@@H]1CCc2noc(NC(=O)COc3cccc(Cl)c3)c2C1. The van der Waals surface area contributed by atoms with Crippen LogP contribution < -0.4 is 10.1 Å². The molecule has 0 saturated heterocycles. The number of amides is 1. The maximum absolute atomic E-state index is 12.0. The van der Waals surface area contributed by atoms with Crippen LogP contribution in [-0.2, 0) is 17.6 Å². The van der Waals surface area contributed by atoms with E-state index in [1.54, 1.807) is 24.3 Å². The Balaban J connectivity index is 1.59. The zero-order valence-electron chi connectivity index (χ0n) is 12.3. The highest BCUT2D eigenvalue weighted by Gasteiger charge is 2.24. The number of aryl methyl sites for hydroxylation is 1. The summed E-state index contributed by atoms with van der Waals surface area (Å²) < 4.78 is 10.7. The quantitative estimate of drug-likeness (QED) is 0.936. The van der Waals surface area contributed by atoms with Gasteiger partial charge in [0.25, 0.3) is 5.91 Å². The van der Waals surface area contributed by atoms with Crippen LogP contribution in [0.4, 0.5) is 5.88 Å². The van der Waals surface area contributed by atoms with Crippen molar-refractivity contribution in [2.75, 3.05) is 11.9 Å². The van der Waals surface area contributed by atoms with E-state index in [-0.39, 0.29) is 12.5 Å². The number of carbonyl (C=O) groups is 1. The van der Waals surface area contributed by atoms with E-state index in [4.69, 9.17) is 20.9 Å². The van der Waals surface area contributed by atoms with Crippen LogP contribution in [0, 0.1) is 5.92 Å². The van der Waals surface area contributed by atoms with Crippen LogP contribution in [0.2, 0.25) is 5.02 Å². The van der Waals surface area contributed by atoms with E-state index in [1.165, 1.54) is 0 Å². The summed E-state index contributed by atoms with van der Waals surface area (Å²) in [5.74, 6) is 1.29. The third kappa shape index (κ3) is 3.42. The number of hydrogen-bond donors (Lipinski definition) is 1. The first kappa shape index (κ1) is 14.9. The van der Waals surface area contributed by atoms with Crippen molar-refractivity contribution in [3.8, 4) is 5.75 Å². The molecule has 6 heteroatoms. The average molecular weight is 321 g/mol. The van der Waals surface area contributed by atoms with Crippen molar-refractivity contribution < 1.29 is 14.1 Å². The smallest absolute Gasteiger partial charge is 0.264 e. The lowest BCUT2D eigenvalue weighted by Gasteiger charge is -2.16. The molecule has 0 aliphatic heterocycles. The van der Waals surface area contributed by atoms with Gasteiger partial charge in [-0.05, 0) is 43.4 Å². The van der Waals surface area contributed by atoms with Gasteiger partial charge in [0.05, 0.1) is 5.69 Å². The Labute approximate surface area is 133 Å². The molecule has 1 heterocycles. The van der Waals surface area contributed by atoms with E-state index in [1.807, 2.05) is 0 Å². The lowest BCUT2D eigenvalue weighted by molar-refractivity contribution is -0.118. The van der Waals surface area contributed by atoms with Crippen molar-refractivity contribution in [1.82, 2.24) is 5.16 Å². The first-order chi connectivity index (χ1) is 10.6. The summed E-state index contributed by atoms with van der Waals surface area (Å²) in [5.41, 5.74) is 1.96. The van der Waals surface area contributed by atoms with Gasteiger partial charge in [-0.25, -0.2) is 0 Å². The fraction of sp³-hybridized carbons (Fsp3) is 0.375. The number of benzene rings is 1. The van der Waals surface area contributed by atoms with Crippen molar-refractivity contribution in [1.29, 1.82) is 0 Å². The normalized spacial score (nSPS) is 16.9. The monoisotopic (exact) mass is 320 g/mol. The molecule has 5 nitrogen and oxygen atoms in total. The van der Waals surface area contributed by atoms with Gasteiger partial charge in [-0.1, -0.05) is 29.7 Å². The number of ether oxygens (including phenoxy) is 1. The van der Waals surface area contributed by atoms with Crippen molar-refractivity contribution >= 4 is 23.4 Å². The number of rotatable bonds is 4. The number of aromatic nitrogens is 1. The standard InChI is InChI=1S/C16H17ClN2O3/c1-10-5-6-14-13(7-10)16(22-19-14)18-15(20)9-21-12-4-2-3-11(17)8-12/h2-4,8,10H,5-7,9H2,1H3,(H,18,20)/t10-/m1/s1. The molecule has 1 aromatic carbocycles. The zero-order chi connectivity index (χ0) is 15.5. The minimum absolute atomic E-state index is 0.106. The van der Waals surface area contributed by atoms with E-state index >= 15 is 0 Å². The fourth-order valence-corrected chi connectivity index (χ4v) is 2.73. The molecular weight excluding hydrogens is 304 g/mol. The number of anilines is 1. The highest BCUT2D eigenvalue weighted by Crippen LogP contribution is 2.30. The van der Waals surface area contributed by atoms with Crippen LogP contribution in [0.15, 0.2) is 28.8 Å². The molecule has 116 valence electrons. The van der Waals surface area contributed by atoms with Crippen molar-refractivity contribution in [3.05, 3.63) is 40.5 Å². The van der Waals surface area contributed by atoms with Crippen LogP contribution >= 0.6 is 11.6 Å². The summed E-state index contributed by atoms with van der Waals surface area (Å²) in [6, 6.07) is 6.92. The largest absolute Gasteiger partial charge is 0.484 e. The van der Waals surface area contributed by atoms with Gasteiger partial charge in [-0.2, -0.15) is 0 Å². The molecule has 0 fully saturated rings. The van der Waals surface area contributed by atoms with Gasteiger partial charge >= 0.3 is 0 Å². The van der Waals surface area contributed by atoms with Gasteiger partial charge in [0.1, 0.15) is 5.75 Å². The second-order valence-electron chi connectivity index (χ2n) is 5.58. The molecule has 0 radical (unpaired) electrons. The molecule has 2 aromatic rings. The Morgan fingerprint density at radius 1 is 1.55 bits per heavy atom. The van der Waals surface area contributed by atoms with E-state index in [0.717, 1.165) is 30.5 Å². The molecule has 1 aliphatic rings. The van der Waals surface area contributed by atoms with Crippen molar-refractivity contribution in [3.63, 3.8) is 0 Å². The molecular formula is C16H17ClN2O3. The highest BCUT2D eigenvalue weighted by atomic mass is 35.5. The van der Waals surface area contributed by atoms with Gasteiger partial charge < -0.3 is 9.26 Å². The number of carbonyl (C=O) groups excluding carboxylic acids is 1. The Hall–Kier alpha value is -2.01. The molecule has 1 N–H and O–H groups in total. The summed E-state index contributed by atoms with van der Waals surface area (Å²) in [6.07, 6.45) is 2.88. The van der Waals surface area contributed by atoms with Crippen LogP contribution in [0.3, 0.4) is 0 Å². The number of fused-ring (bicyclic) bond motifs is 1. The average Bonchev–Trinajstić information content (AvgIpc) is 2.88. The molecule has 1 aliphatic carbocycles. The van der Waals surface area contributed by atoms with Gasteiger partial charge in [0.2, 0.25) is 5.88 Å². The second-order valence-corrected chi connectivity index (χ2v) is 6.02. The second kappa shape index (κ2) is 6.40. The number of halogens is 1. The van der Waals surface area contributed by atoms with Gasteiger partial charge in [-0.3, -0.25) is 10.1 Å². The summed E-state index contributed by atoms with van der Waals surface area (Å²) >= 11 is 5.86. The molecule has 0 bridgehead atoms. The van der Waals surface area contributed by atoms with Crippen molar-refractivity contribution in [2.24, 2.45) is 5.92 Å². The number of hydrogen-bond acceptors (Lipinski definition) is 4. The topological polar surface area (TPSA) is 64.4 Å². The predicted molar refractivity (Wildman–Crippen MR) is 83.3 cm³/mol. The first-order valence-electron chi connectivity index (χ1n) is 7.27. The maximum Gasteiger partial charge on any atom is 0.264 e. The minimum Gasteiger partial charge on any atom is -0.484 e. The molecule has 0 spiro atoms. The van der Waals surface area contributed by atoms with E-state index < -0.39 is 0 Å². The third-order valence-corrected chi connectivity index (χ3v) is 3.95. The van der Waals surface area contributed by atoms with Crippen LogP contribution in [-0.4, -0.2) is 17.7 Å². The first-order valence-corrected chi connectivity index (χ1v) is 7.65. The van der Waals surface area contributed by atoms with E-state index in [9.17, 15) is 4.79 Å². The van der Waals surface area contributed by atoms with Crippen LogP contribution in [0.1, 0.15) is 24.6 Å². The minimum atomic E-state index is -0.280. The number of nitrogens with zero attached hydrogens (tertiary/aromatic N) is 1. The maximum atomic E-state index is 12.0. The predicted octanol–water partition coefficient (Wildman–Crippen LogP) is 3.47. The fourth-order valence-electron chi connectivity index (χ4n) is 2.55. The molecule has 1 aromatic heterocycles. The molecule has 22 heavy (non-hydrogen) atoms. The zero-order valence-corrected chi connectivity index (χ0v) is 13.0. The summed E-state index contributed by atoms with van der Waals surface area (Å²) in [7, 11) is 0. The number of nitrogens with one attached hydrogen (secondary N) is 1. The Kier molecular flexibility index (Phi) is 4.34. The third-order valence-electron chi connectivity index (χ3n) is 3.72. The van der Waals surface area contributed by atoms with Gasteiger partial charge in [-0.15, -0.1) is 0 Å². The summed E-state index contributed by atoms with van der Waals surface area (Å²) in [6.45, 7) is 2.08. The van der Waals surface area contributed by atoms with Gasteiger partial charge in [0.15, 0.2) is 6.61 Å². The summed E-state index contributed by atoms with van der Waals surface area (Å²) in [5, 5.41) is 7.32. The lowest BCUT2D eigenvalue weighted by atomic mass is 9.89. The molecule has 1 atom stereocenters. The Morgan fingerprint density at radius 3 is 3.23 bits per heavy atom. The molecule has 0 saturated carbocycles. The van der Waals surface area contributed by atoms with Gasteiger partial charge in [0, 0.05) is 10.6 Å². The van der Waals surface area contributed by atoms with E-state index in [2.05, 4.69) is 17.4 Å². The molecule has 1 amide bonds. The summed E-state index contributed by atoms with van der Waals surface area (Å²) in [4.78, 5) is 12.0. The molecule has 3 rings (SSSR count). The molecule has 0 unspecified atom stereocenters. The van der Waals surface area contributed by atoms with Crippen molar-refractivity contribution in [2.45, 2.75) is 26.2 Å². The highest BCUT2D eigenvalue weighted by molar-refractivity contribution is 6.30. The Morgan fingerprint density at radius 2 is 2.41 bits per heavy atom. The van der Waals surface area contributed by atoms with E-state index in [0.29, 0.717) is 22.6 Å². The lowest BCUT2D eigenvalue weighted by Crippen LogP contribution is -2.21.